The van der Waals surface area contributed by atoms with Crippen molar-refractivity contribution in [2.75, 3.05) is 13.2 Å². The molecule has 0 spiro atoms. The molecule has 56 heavy (non-hydrogen) atoms. The Hall–Kier alpha value is -4.84. The van der Waals surface area contributed by atoms with Crippen molar-refractivity contribution in [2.24, 2.45) is 5.41 Å². The zero-order chi connectivity index (χ0) is 39.7. The summed E-state index contributed by atoms with van der Waals surface area (Å²) in [5, 5.41) is 22.6. The number of nitriles is 1. The minimum absolute atomic E-state index is 0.104. The summed E-state index contributed by atoms with van der Waals surface area (Å²) < 4.78 is 34.5. The molecule has 0 aliphatic carbocycles. The largest absolute Gasteiger partial charge is 0.395 e. The van der Waals surface area contributed by atoms with E-state index in [1.54, 1.807) is 18.2 Å². The van der Waals surface area contributed by atoms with Gasteiger partial charge in [-0.05, 0) is 65.3 Å². The summed E-state index contributed by atoms with van der Waals surface area (Å²) in [6.07, 6.45) is 5.13. The number of nitrogens with zero attached hydrogens (tertiary/aromatic N) is 4. The van der Waals surface area contributed by atoms with Crippen LogP contribution in [0.15, 0.2) is 140 Å². The Morgan fingerprint density at radius 1 is 0.821 bits per heavy atom. The number of aliphatic hydroxyl groups excluding tert-OH is 1. The Morgan fingerprint density at radius 2 is 1.41 bits per heavy atom. The second-order valence-electron chi connectivity index (χ2n) is 15.7. The molecule has 0 saturated carbocycles. The average Bonchev–Trinajstić information content (AvgIpc) is 3.78. The number of hydrogen-bond donors (Lipinski definition) is 1. The fourth-order valence-corrected chi connectivity index (χ4v) is 9.79. The number of imidazole rings is 1. The highest BCUT2D eigenvalue weighted by Crippen LogP contribution is 2.58. The van der Waals surface area contributed by atoms with Gasteiger partial charge >= 0.3 is 0 Å². The highest BCUT2D eigenvalue weighted by molar-refractivity contribution is 6.31. The van der Waals surface area contributed by atoms with Gasteiger partial charge in [0, 0.05) is 34.8 Å². The van der Waals surface area contributed by atoms with Gasteiger partial charge in [0.05, 0.1) is 29.7 Å². The van der Waals surface area contributed by atoms with Gasteiger partial charge in [-0.3, -0.25) is 4.90 Å². The molecular weight excluding hydrogens is 745 g/mol. The van der Waals surface area contributed by atoms with E-state index in [4.69, 9.17) is 28.2 Å². The minimum Gasteiger partial charge on any atom is -0.395 e. The number of aliphatic hydroxyl groups is 1. The molecule has 6 aromatic rings. The molecule has 1 aliphatic heterocycles. The van der Waals surface area contributed by atoms with Crippen LogP contribution in [0.4, 0.5) is 8.78 Å². The molecule has 7 rings (SSSR count). The van der Waals surface area contributed by atoms with Crippen molar-refractivity contribution in [2.45, 2.75) is 62.6 Å². The zero-order valence-corrected chi connectivity index (χ0v) is 33.1. The third-order valence-corrected chi connectivity index (χ3v) is 11.9. The summed E-state index contributed by atoms with van der Waals surface area (Å²) in [6, 6.07) is 41.2. The quantitative estimate of drug-likeness (QED) is 0.133. The minimum atomic E-state index is -1.63. The van der Waals surface area contributed by atoms with Gasteiger partial charge in [-0.25, -0.2) is 13.8 Å². The summed E-state index contributed by atoms with van der Waals surface area (Å²) in [5.74, 6) is -2.33. The Labute approximate surface area is 337 Å². The van der Waals surface area contributed by atoms with E-state index in [-0.39, 0.29) is 21.2 Å². The molecule has 0 amide bonds. The zero-order valence-electron chi connectivity index (χ0n) is 31.6. The molecule has 4 atom stereocenters. The first kappa shape index (κ1) is 39.4. The van der Waals surface area contributed by atoms with Crippen molar-refractivity contribution >= 4 is 23.2 Å². The summed E-state index contributed by atoms with van der Waals surface area (Å²) >= 11 is 12.6. The summed E-state index contributed by atoms with van der Waals surface area (Å²) in [7, 11) is 0. The standard InChI is InChI=1S/C47H44Cl2F2N4O/c1-45(2,3)44-46(30-52,38-25-24-35(48)27-40(38)50)42(37-22-13-23-39(49)43(37)51)41(29-56)55(44)26-14-21-36-28-54(31-53-36)47(32-15-7-4-8-16-32,33-17-9-5-10-18-33)34-19-11-6-12-20-34/h4-13,15-20,22-25,27-28,31,41-42,44,56H,14,21,26,29H2,1-3H3/t41-,42-,44?,46+/m0/s1. The Kier molecular flexibility index (Phi) is 11.2. The maximum atomic E-state index is 16.2. The van der Waals surface area contributed by atoms with E-state index in [2.05, 4.69) is 58.1 Å². The van der Waals surface area contributed by atoms with Crippen LogP contribution < -0.4 is 0 Å². The maximum Gasteiger partial charge on any atom is 0.145 e. The van der Waals surface area contributed by atoms with Crippen LogP contribution >= 0.6 is 23.2 Å². The van der Waals surface area contributed by atoms with Gasteiger partial charge < -0.3 is 9.67 Å². The third-order valence-electron chi connectivity index (χ3n) is 11.4. The number of halogens is 4. The van der Waals surface area contributed by atoms with E-state index in [1.807, 2.05) is 81.7 Å². The van der Waals surface area contributed by atoms with Crippen LogP contribution in [0.1, 0.15) is 66.6 Å². The van der Waals surface area contributed by atoms with Crippen LogP contribution in [0.25, 0.3) is 0 Å². The number of benzene rings is 5. The summed E-state index contributed by atoms with van der Waals surface area (Å²) in [5.41, 5.74) is 1.38. The van der Waals surface area contributed by atoms with Crippen molar-refractivity contribution in [1.82, 2.24) is 14.5 Å². The number of hydrogen-bond acceptors (Lipinski definition) is 4. The van der Waals surface area contributed by atoms with Crippen LogP contribution in [0.2, 0.25) is 10.0 Å². The van der Waals surface area contributed by atoms with E-state index in [0.29, 0.717) is 19.4 Å². The predicted molar refractivity (Wildman–Crippen MR) is 219 cm³/mol. The summed E-state index contributed by atoms with van der Waals surface area (Å²) in [6.45, 7) is 6.00. The first-order valence-corrected chi connectivity index (χ1v) is 19.6. The topological polar surface area (TPSA) is 65.1 Å². The predicted octanol–water partition coefficient (Wildman–Crippen LogP) is 10.6. The molecule has 286 valence electrons. The van der Waals surface area contributed by atoms with Crippen molar-refractivity contribution < 1.29 is 13.9 Å². The average molecular weight is 790 g/mol. The first-order chi connectivity index (χ1) is 27.0. The third kappa shape index (κ3) is 6.73. The molecule has 1 aromatic heterocycles. The SMILES string of the molecule is CC(C)(C)C1N(CCCc2cn(C(c3ccccc3)(c3ccccc3)c3ccccc3)cn2)[C@@H](CO)[C@H](c2cccc(Cl)c2F)[C@@]1(C#N)c1ccc(Cl)cc1F. The van der Waals surface area contributed by atoms with E-state index in [0.717, 1.165) is 22.4 Å². The molecule has 1 aliphatic rings. The lowest BCUT2D eigenvalue weighted by Gasteiger charge is -2.44. The van der Waals surface area contributed by atoms with Crippen LogP contribution in [0.3, 0.4) is 0 Å². The van der Waals surface area contributed by atoms with Crippen LogP contribution in [0, 0.1) is 28.4 Å². The molecule has 5 aromatic carbocycles. The fraction of sp³-hybridized carbons (Fsp3) is 0.277. The van der Waals surface area contributed by atoms with Crippen molar-refractivity contribution in [3.05, 3.63) is 195 Å². The molecule has 0 bridgehead atoms. The van der Waals surface area contributed by atoms with Crippen molar-refractivity contribution in [3.63, 3.8) is 0 Å². The highest BCUT2D eigenvalue weighted by Gasteiger charge is 2.65. The lowest BCUT2D eigenvalue weighted by Crippen LogP contribution is -2.52. The Balaban J connectivity index is 1.29. The molecule has 5 nitrogen and oxygen atoms in total. The Bertz CT molecular complexity index is 2230. The molecule has 1 N–H and O–H groups in total. The van der Waals surface area contributed by atoms with Crippen LogP contribution in [-0.4, -0.2) is 44.8 Å². The van der Waals surface area contributed by atoms with E-state index in [9.17, 15) is 10.4 Å². The lowest BCUT2D eigenvalue weighted by atomic mass is 9.60. The van der Waals surface area contributed by atoms with E-state index < -0.39 is 52.6 Å². The number of likely N-dealkylation sites (tertiary alicyclic amines) is 1. The number of aryl methyl sites for hydroxylation is 1. The van der Waals surface area contributed by atoms with Gasteiger partial charge in [0.15, 0.2) is 0 Å². The normalized spacial score (nSPS) is 20.2. The van der Waals surface area contributed by atoms with Gasteiger partial charge in [-0.1, -0.05) is 153 Å². The lowest BCUT2D eigenvalue weighted by molar-refractivity contribution is 0.0642. The molecule has 1 saturated heterocycles. The Morgan fingerprint density at radius 3 is 1.93 bits per heavy atom. The van der Waals surface area contributed by atoms with Gasteiger partial charge in [0.25, 0.3) is 0 Å². The maximum absolute atomic E-state index is 16.2. The van der Waals surface area contributed by atoms with Gasteiger partial charge in [0.1, 0.15) is 22.6 Å². The van der Waals surface area contributed by atoms with Crippen LogP contribution in [-0.2, 0) is 17.4 Å². The van der Waals surface area contributed by atoms with E-state index in [1.165, 1.54) is 18.2 Å². The van der Waals surface area contributed by atoms with Gasteiger partial charge in [0.2, 0.25) is 0 Å². The second kappa shape index (κ2) is 16.0. The number of aromatic nitrogens is 2. The van der Waals surface area contributed by atoms with Crippen LogP contribution in [0.5, 0.6) is 0 Å². The molecule has 1 unspecified atom stereocenters. The first-order valence-electron chi connectivity index (χ1n) is 18.9. The van der Waals surface area contributed by atoms with E-state index >= 15 is 8.78 Å². The highest BCUT2D eigenvalue weighted by atomic mass is 35.5. The molecule has 1 fully saturated rings. The van der Waals surface area contributed by atoms with Gasteiger partial charge in [-0.15, -0.1) is 0 Å². The molecule has 0 radical (unpaired) electrons. The molecule has 9 heteroatoms. The fourth-order valence-electron chi connectivity index (χ4n) is 9.45. The smallest absolute Gasteiger partial charge is 0.145 e. The molecular formula is C47H44Cl2F2N4O. The monoisotopic (exact) mass is 788 g/mol. The molecule has 2 heterocycles. The van der Waals surface area contributed by atoms with Crippen molar-refractivity contribution in [1.29, 1.82) is 5.26 Å². The second-order valence-corrected chi connectivity index (χ2v) is 16.5. The summed E-state index contributed by atoms with van der Waals surface area (Å²) in [4.78, 5) is 7.03. The number of rotatable bonds is 11. The van der Waals surface area contributed by atoms with Crippen molar-refractivity contribution in [3.8, 4) is 6.07 Å². The van der Waals surface area contributed by atoms with Gasteiger partial charge in [-0.2, -0.15) is 5.26 Å².